The van der Waals surface area contributed by atoms with Crippen molar-refractivity contribution in [3.63, 3.8) is 0 Å². The predicted octanol–water partition coefficient (Wildman–Crippen LogP) is 2.37. The molecule has 1 aromatic rings. The number of aliphatic hydroxyl groups excluding tert-OH is 1. The zero-order valence-corrected chi connectivity index (χ0v) is 11.1. The lowest BCUT2D eigenvalue weighted by Gasteiger charge is -2.39. The van der Waals surface area contributed by atoms with Crippen molar-refractivity contribution < 1.29 is 9.84 Å². The minimum atomic E-state index is -0.140. The van der Waals surface area contributed by atoms with Gasteiger partial charge in [0.2, 0.25) is 0 Å². The van der Waals surface area contributed by atoms with Crippen LogP contribution in [0.15, 0.2) is 0 Å². The molecule has 0 spiro atoms. The Kier molecular flexibility index (Phi) is 2.97. The summed E-state index contributed by atoms with van der Waals surface area (Å²) in [4.78, 5) is 6.00. The maximum Gasteiger partial charge on any atom is 0.0962 e. The number of aryl methyl sites for hydroxylation is 1. The first-order chi connectivity index (χ1) is 8.25. The van der Waals surface area contributed by atoms with Crippen molar-refractivity contribution in [3.8, 4) is 0 Å². The lowest BCUT2D eigenvalue weighted by atomic mass is 9.84. The van der Waals surface area contributed by atoms with Crippen LogP contribution in [0.25, 0.3) is 0 Å². The molecule has 3 rings (SSSR count). The second kappa shape index (κ2) is 4.34. The molecule has 4 heteroatoms. The van der Waals surface area contributed by atoms with Crippen LogP contribution in [0.5, 0.6) is 0 Å². The Hall–Kier alpha value is -0.450. The second-order valence-corrected chi connectivity index (χ2v) is 6.41. The van der Waals surface area contributed by atoms with E-state index in [1.54, 1.807) is 0 Å². The summed E-state index contributed by atoms with van der Waals surface area (Å²) < 4.78 is 5.29. The quantitative estimate of drug-likeness (QED) is 0.899. The fourth-order valence-electron chi connectivity index (χ4n) is 2.90. The number of aromatic nitrogens is 1. The predicted molar refractivity (Wildman–Crippen MR) is 67.6 cm³/mol. The van der Waals surface area contributed by atoms with Crippen molar-refractivity contribution in [1.29, 1.82) is 0 Å². The van der Waals surface area contributed by atoms with E-state index >= 15 is 0 Å². The smallest absolute Gasteiger partial charge is 0.0962 e. The van der Waals surface area contributed by atoms with Crippen molar-refractivity contribution in [2.75, 3.05) is 19.8 Å². The number of ether oxygens (including phenoxy) is 1. The third-order valence-corrected chi connectivity index (χ3v) is 5.62. The molecule has 0 bridgehead atoms. The zero-order chi connectivity index (χ0) is 11.9. The fourth-order valence-corrected chi connectivity index (χ4v) is 4.29. The van der Waals surface area contributed by atoms with E-state index in [0.717, 1.165) is 5.69 Å². The van der Waals surface area contributed by atoms with E-state index < -0.39 is 0 Å². The Balaban J connectivity index is 1.90. The van der Waals surface area contributed by atoms with E-state index in [0.29, 0.717) is 19.1 Å². The molecule has 0 atom stereocenters. The molecule has 0 aromatic carbocycles. The molecular weight excluding hydrogens is 234 g/mol. The van der Waals surface area contributed by atoms with Crippen molar-refractivity contribution >= 4 is 11.3 Å². The standard InChI is InChI=1S/C13H19NO2S/c1-9-11(13(6-15)7-16-8-13)17-12(14-9)10-4-2-3-5-10/h10,15H,2-8H2,1H3. The average Bonchev–Trinajstić information content (AvgIpc) is 2.87. The van der Waals surface area contributed by atoms with Crippen LogP contribution in [0, 0.1) is 6.92 Å². The van der Waals surface area contributed by atoms with Gasteiger partial charge < -0.3 is 9.84 Å². The molecule has 17 heavy (non-hydrogen) atoms. The first-order valence-corrected chi connectivity index (χ1v) is 7.23. The summed E-state index contributed by atoms with van der Waals surface area (Å²) in [5.74, 6) is 0.671. The van der Waals surface area contributed by atoms with Crippen molar-refractivity contribution in [2.45, 2.75) is 43.9 Å². The van der Waals surface area contributed by atoms with Crippen LogP contribution in [-0.4, -0.2) is 29.9 Å². The number of aliphatic hydroxyl groups is 1. The Morgan fingerprint density at radius 1 is 1.41 bits per heavy atom. The van der Waals surface area contributed by atoms with Gasteiger partial charge in [-0.2, -0.15) is 0 Å². The molecule has 94 valence electrons. The molecular formula is C13H19NO2S. The van der Waals surface area contributed by atoms with Gasteiger partial charge in [0.05, 0.1) is 35.9 Å². The van der Waals surface area contributed by atoms with Crippen LogP contribution < -0.4 is 0 Å². The summed E-state index contributed by atoms with van der Waals surface area (Å²) in [7, 11) is 0. The molecule has 1 saturated carbocycles. The maximum atomic E-state index is 9.59. The van der Waals surface area contributed by atoms with Gasteiger partial charge in [-0.3, -0.25) is 0 Å². The normalized spacial score (nSPS) is 23.9. The molecule has 3 nitrogen and oxygen atoms in total. The van der Waals surface area contributed by atoms with Crippen LogP contribution in [0.2, 0.25) is 0 Å². The molecule has 0 unspecified atom stereocenters. The lowest BCUT2D eigenvalue weighted by Crippen LogP contribution is -2.49. The van der Waals surface area contributed by atoms with Gasteiger partial charge in [-0.05, 0) is 19.8 Å². The number of hydrogen-bond donors (Lipinski definition) is 1. The molecule has 1 saturated heterocycles. The monoisotopic (exact) mass is 253 g/mol. The van der Waals surface area contributed by atoms with Crippen molar-refractivity contribution in [3.05, 3.63) is 15.6 Å². The highest BCUT2D eigenvalue weighted by Gasteiger charge is 2.43. The summed E-state index contributed by atoms with van der Waals surface area (Å²) in [6.07, 6.45) is 5.25. The Labute approximate surface area is 106 Å². The van der Waals surface area contributed by atoms with Gasteiger partial charge in [0.15, 0.2) is 0 Å². The number of hydrogen-bond acceptors (Lipinski definition) is 4. The van der Waals surface area contributed by atoms with Crippen LogP contribution in [0.4, 0.5) is 0 Å². The van der Waals surface area contributed by atoms with E-state index in [4.69, 9.17) is 9.72 Å². The topological polar surface area (TPSA) is 42.4 Å². The zero-order valence-electron chi connectivity index (χ0n) is 10.2. The van der Waals surface area contributed by atoms with Crippen molar-refractivity contribution in [1.82, 2.24) is 4.98 Å². The molecule has 1 aromatic heterocycles. The highest BCUT2D eigenvalue weighted by Crippen LogP contribution is 2.42. The summed E-state index contributed by atoms with van der Waals surface area (Å²) in [5, 5.41) is 10.9. The molecule has 1 aliphatic carbocycles. The highest BCUT2D eigenvalue weighted by atomic mass is 32.1. The van der Waals surface area contributed by atoms with Crippen LogP contribution in [0.1, 0.15) is 47.2 Å². The van der Waals surface area contributed by atoms with Crippen LogP contribution >= 0.6 is 11.3 Å². The highest BCUT2D eigenvalue weighted by molar-refractivity contribution is 7.12. The van der Waals surface area contributed by atoms with Crippen molar-refractivity contribution in [2.24, 2.45) is 0 Å². The maximum absolute atomic E-state index is 9.59. The minimum Gasteiger partial charge on any atom is -0.395 e. The van der Waals surface area contributed by atoms with E-state index in [9.17, 15) is 5.11 Å². The molecule has 0 radical (unpaired) electrons. The summed E-state index contributed by atoms with van der Waals surface area (Å²) in [5.41, 5.74) is 0.966. The minimum absolute atomic E-state index is 0.140. The van der Waals surface area contributed by atoms with Gasteiger partial charge in [-0.1, -0.05) is 12.8 Å². The van der Waals surface area contributed by atoms with E-state index in [2.05, 4.69) is 6.92 Å². The SMILES string of the molecule is Cc1nc(C2CCCC2)sc1C1(CO)COC1. The fraction of sp³-hybridized carbons (Fsp3) is 0.769. The summed E-state index contributed by atoms with van der Waals surface area (Å²) >= 11 is 1.81. The van der Waals surface area contributed by atoms with Crippen LogP contribution in [0.3, 0.4) is 0 Å². The van der Waals surface area contributed by atoms with E-state index in [1.807, 2.05) is 11.3 Å². The first-order valence-electron chi connectivity index (χ1n) is 6.41. The number of nitrogens with zero attached hydrogens (tertiary/aromatic N) is 1. The van der Waals surface area contributed by atoms with Gasteiger partial charge in [0.1, 0.15) is 0 Å². The second-order valence-electron chi connectivity index (χ2n) is 5.38. The van der Waals surface area contributed by atoms with Gasteiger partial charge in [-0.15, -0.1) is 11.3 Å². The number of thiazole rings is 1. The van der Waals surface area contributed by atoms with Gasteiger partial charge >= 0.3 is 0 Å². The van der Waals surface area contributed by atoms with E-state index in [-0.39, 0.29) is 12.0 Å². The molecule has 1 aliphatic heterocycles. The lowest BCUT2D eigenvalue weighted by molar-refractivity contribution is -0.0827. The molecule has 1 N–H and O–H groups in total. The van der Waals surface area contributed by atoms with Gasteiger partial charge in [0.25, 0.3) is 0 Å². The number of rotatable bonds is 3. The van der Waals surface area contributed by atoms with E-state index in [1.165, 1.54) is 35.6 Å². The Morgan fingerprint density at radius 2 is 2.12 bits per heavy atom. The Morgan fingerprint density at radius 3 is 2.65 bits per heavy atom. The van der Waals surface area contributed by atoms with Gasteiger partial charge in [-0.25, -0.2) is 4.98 Å². The van der Waals surface area contributed by atoms with Gasteiger partial charge in [0, 0.05) is 10.8 Å². The van der Waals surface area contributed by atoms with Crippen LogP contribution in [-0.2, 0) is 10.2 Å². The summed E-state index contributed by atoms with van der Waals surface area (Å²) in [6.45, 7) is 3.55. The Bertz CT molecular complexity index is 400. The molecule has 0 amide bonds. The first kappa shape index (κ1) is 11.6. The molecule has 2 fully saturated rings. The average molecular weight is 253 g/mol. The largest absolute Gasteiger partial charge is 0.395 e. The molecule has 2 aliphatic rings. The third-order valence-electron chi connectivity index (χ3n) is 4.06. The molecule has 2 heterocycles. The summed E-state index contributed by atoms with van der Waals surface area (Å²) in [6, 6.07) is 0. The third kappa shape index (κ3) is 1.83.